The minimum absolute atomic E-state index is 0.0664. The van der Waals surface area contributed by atoms with Crippen LogP contribution in [0, 0.1) is 5.41 Å². The first-order valence-electron chi connectivity index (χ1n) is 7.35. The van der Waals surface area contributed by atoms with Gasteiger partial charge in [-0.2, -0.15) is 0 Å². The molecule has 1 rings (SSSR count). The number of benzene rings is 1. The summed E-state index contributed by atoms with van der Waals surface area (Å²) in [6.07, 6.45) is 1.23. The smallest absolute Gasteiger partial charge is 0.175 e. The quantitative estimate of drug-likeness (QED) is 0.840. The molecule has 0 spiro atoms. The van der Waals surface area contributed by atoms with E-state index in [0.29, 0.717) is 11.4 Å². The normalized spacial score (nSPS) is 14.4. The number of hydrogen-bond acceptors (Lipinski definition) is 4. The number of sulfone groups is 1. The second-order valence-electron chi connectivity index (χ2n) is 6.45. The standard InChI is InChI=1S/C16H28N2O2S/c1-6-18(12-16(3,4)11-17)13(2)14-7-9-15(10-8-14)21(5,19)20/h7-10,13H,6,11-12,17H2,1-5H3. The van der Waals surface area contributed by atoms with Crippen LogP contribution in [0.1, 0.15) is 39.3 Å². The van der Waals surface area contributed by atoms with E-state index in [0.717, 1.165) is 18.7 Å². The summed E-state index contributed by atoms with van der Waals surface area (Å²) < 4.78 is 23.0. The fraction of sp³-hybridized carbons (Fsp3) is 0.625. The van der Waals surface area contributed by atoms with Gasteiger partial charge in [-0.3, -0.25) is 4.90 Å². The number of nitrogens with zero attached hydrogens (tertiary/aromatic N) is 1. The Kier molecular flexibility index (Phi) is 5.96. The van der Waals surface area contributed by atoms with Crippen LogP contribution in [0.2, 0.25) is 0 Å². The Morgan fingerprint density at radius 2 is 1.76 bits per heavy atom. The predicted octanol–water partition coefficient (Wildman–Crippen LogP) is 2.46. The van der Waals surface area contributed by atoms with E-state index < -0.39 is 9.84 Å². The van der Waals surface area contributed by atoms with Crippen LogP contribution in [0.4, 0.5) is 0 Å². The van der Waals surface area contributed by atoms with E-state index in [1.54, 1.807) is 12.1 Å². The lowest BCUT2D eigenvalue weighted by Gasteiger charge is -2.35. The SMILES string of the molecule is CCN(CC(C)(C)CN)C(C)c1ccc(S(C)(=O)=O)cc1. The highest BCUT2D eigenvalue weighted by Crippen LogP contribution is 2.25. The predicted molar refractivity (Wildman–Crippen MR) is 88.0 cm³/mol. The lowest BCUT2D eigenvalue weighted by atomic mass is 9.92. The highest BCUT2D eigenvalue weighted by Gasteiger charge is 2.23. The zero-order valence-corrected chi connectivity index (χ0v) is 14.6. The third-order valence-electron chi connectivity index (χ3n) is 3.93. The van der Waals surface area contributed by atoms with Gasteiger partial charge in [-0.1, -0.05) is 32.9 Å². The lowest BCUT2D eigenvalue weighted by molar-refractivity contribution is 0.148. The van der Waals surface area contributed by atoms with Gasteiger partial charge in [-0.15, -0.1) is 0 Å². The summed E-state index contributed by atoms with van der Waals surface area (Å²) in [5, 5.41) is 0. The molecule has 0 saturated carbocycles. The van der Waals surface area contributed by atoms with E-state index in [1.807, 2.05) is 12.1 Å². The number of rotatable bonds is 7. The molecule has 5 heteroatoms. The van der Waals surface area contributed by atoms with Crippen LogP contribution in [0.3, 0.4) is 0 Å². The Morgan fingerprint density at radius 1 is 1.24 bits per heavy atom. The van der Waals surface area contributed by atoms with Crippen molar-refractivity contribution in [1.82, 2.24) is 4.90 Å². The molecular formula is C16H28N2O2S. The molecule has 0 aliphatic heterocycles. The van der Waals surface area contributed by atoms with Crippen LogP contribution in [0.25, 0.3) is 0 Å². The molecule has 0 aliphatic rings. The van der Waals surface area contributed by atoms with Crippen molar-refractivity contribution in [3.8, 4) is 0 Å². The Bertz CT molecular complexity index is 550. The van der Waals surface area contributed by atoms with Gasteiger partial charge in [0.15, 0.2) is 9.84 Å². The molecule has 0 bridgehead atoms. The summed E-state index contributed by atoms with van der Waals surface area (Å²) in [4.78, 5) is 2.73. The van der Waals surface area contributed by atoms with Gasteiger partial charge in [0, 0.05) is 18.8 Å². The first kappa shape index (κ1) is 18.1. The van der Waals surface area contributed by atoms with Crippen molar-refractivity contribution in [2.24, 2.45) is 11.1 Å². The molecule has 1 aromatic rings. The third-order valence-corrected chi connectivity index (χ3v) is 5.06. The van der Waals surface area contributed by atoms with Crippen LogP contribution >= 0.6 is 0 Å². The van der Waals surface area contributed by atoms with E-state index >= 15 is 0 Å². The zero-order valence-electron chi connectivity index (χ0n) is 13.8. The van der Waals surface area contributed by atoms with Gasteiger partial charge in [0.25, 0.3) is 0 Å². The molecule has 0 amide bonds. The Morgan fingerprint density at radius 3 is 2.14 bits per heavy atom. The second kappa shape index (κ2) is 6.90. The third kappa shape index (κ3) is 5.09. The first-order valence-corrected chi connectivity index (χ1v) is 9.24. The molecule has 0 heterocycles. The maximum absolute atomic E-state index is 11.5. The minimum Gasteiger partial charge on any atom is -0.330 e. The van der Waals surface area contributed by atoms with Crippen LogP contribution in [0.15, 0.2) is 29.2 Å². The highest BCUT2D eigenvalue weighted by atomic mass is 32.2. The fourth-order valence-electron chi connectivity index (χ4n) is 2.34. The lowest BCUT2D eigenvalue weighted by Crippen LogP contribution is -2.39. The van der Waals surface area contributed by atoms with E-state index in [4.69, 9.17) is 5.73 Å². The Labute approximate surface area is 129 Å². The van der Waals surface area contributed by atoms with Gasteiger partial charge >= 0.3 is 0 Å². The molecule has 4 nitrogen and oxygen atoms in total. The van der Waals surface area contributed by atoms with Crippen molar-refractivity contribution in [2.75, 3.05) is 25.9 Å². The summed E-state index contributed by atoms with van der Waals surface area (Å²) in [5.41, 5.74) is 7.01. The van der Waals surface area contributed by atoms with Crippen molar-refractivity contribution >= 4 is 9.84 Å². The van der Waals surface area contributed by atoms with Gasteiger partial charge in [0.1, 0.15) is 0 Å². The molecule has 1 unspecified atom stereocenters. The van der Waals surface area contributed by atoms with Gasteiger partial charge in [0.2, 0.25) is 0 Å². The van der Waals surface area contributed by atoms with Gasteiger partial charge < -0.3 is 5.73 Å². The van der Waals surface area contributed by atoms with Crippen LogP contribution in [-0.2, 0) is 9.84 Å². The molecule has 2 N–H and O–H groups in total. The number of nitrogens with two attached hydrogens (primary N) is 1. The maximum atomic E-state index is 11.5. The monoisotopic (exact) mass is 312 g/mol. The van der Waals surface area contributed by atoms with Gasteiger partial charge in [-0.25, -0.2) is 8.42 Å². The van der Waals surface area contributed by atoms with E-state index in [-0.39, 0.29) is 11.5 Å². The molecule has 0 aromatic heterocycles. The van der Waals surface area contributed by atoms with Crippen molar-refractivity contribution in [1.29, 1.82) is 0 Å². The van der Waals surface area contributed by atoms with Crippen LogP contribution in [-0.4, -0.2) is 39.2 Å². The second-order valence-corrected chi connectivity index (χ2v) is 8.46. The van der Waals surface area contributed by atoms with Crippen molar-refractivity contribution in [2.45, 2.75) is 38.6 Å². The molecule has 0 aliphatic carbocycles. The van der Waals surface area contributed by atoms with Crippen molar-refractivity contribution in [3.63, 3.8) is 0 Å². The van der Waals surface area contributed by atoms with Crippen LogP contribution in [0.5, 0.6) is 0 Å². The molecule has 1 aromatic carbocycles. The van der Waals surface area contributed by atoms with E-state index in [1.165, 1.54) is 6.26 Å². The minimum atomic E-state index is -3.13. The summed E-state index contributed by atoms with van der Waals surface area (Å²) in [6.45, 7) is 11.1. The fourth-order valence-corrected chi connectivity index (χ4v) is 2.97. The van der Waals surface area contributed by atoms with Gasteiger partial charge in [0.05, 0.1) is 4.90 Å². The summed E-state index contributed by atoms with van der Waals surface area (Å²) >= 11 is 0. The Hall–Kier alpha value is -0.910. The van der Waals surface area contributed by atoms with Crippen LogP contribution < -0.4 is 5.73 Å². The molecule has 21 heavy (non-hydrogen) atoms. The summed E-state index contributed by atoms with van der Waals surface area (Å²) in [6, 6.07) is 7.40. The molecule has 0 radical (unpaired) electrons. The molecular weight excluding hydrogens is 284 g/mol. The van der Waals surface area contributed by atoms with Crippen molar-refractivity contribution in [3.05, 3.63) is 29.8 Å². The largest absolute Gasteiger partial charge is 0.330 e. The maximum Gasteiger partial charge on any atom is 0.175 e. The number of hydrogen-bond donors (Lipinski definition) is 1. The molecule has 120 valence electrons. The first-order chi connectivity index (χ1) is 9.60. The average Bonchev–Trinajstić information content (AvgIpc) is 2.43. The molecule has 0 saturated heterocycles. The van der Waals surface area contributed by atoms with Crippen molar-refractivity contribution < 1.29 is 8.42 Å². The topological polar surface area (TPSA) is 63.4 Å². The summed E-state index contributed by atoms with van der Waals surface area (Å²) in [7, 11) is -3.13. The van der Waals surface area contributed by atoms with E-state index in [9.17, 15) is 8.42 Å². The average molecular weight is 312 g/mol. The molecule has 0 fully saturated rings. The summed E-state index contributed by atoms with van der Waals surface area (Å²) in [5.74, 6) is 0. The zero-order chi connectivity index (χ0) is 16.3. The van der Waals surface area contributed by atoms with Gasteiger partial charge in [-0.05, 0) is 43.1 Å². The van der Waals surface area contributed by atoms with E-state index in [2.05, 4.69) is 32.6 Å². The Balaban J connectivity index is 2.93. The highest BCUT2D eigenvalue weighted by molar-refractivity contribution is 7.90. The molecule has 1 atom stereocenters.